The molecule has 76 valence electrons. The normalized spacial score (nSPS) is 9.64. The Balaban J connectivity index is 2.85. The van der Waals surface area contributed by atoms with E-state index in [4.69, 9.17) is 23.2 Å². The molecule has 1 rings (SSSR count). The first-order valence-corrected chi connectivity index (χ1v) is 4.66. The minimum atomic E-state index is 0.366. The fourth-order valence-electron chi connectivity index (χ4n) is 0.899. The minimum absolute atomic E-state index is 0.366. The van der Waals surface area contributed by atoms with Gasteiger partial charge in [0, 0.05) is 12.1 Å². The summed E-state index contributed by atoms with van der Waals surface area (Å²) < 4.78 is 0. The molecule has 2 N–H and O–H groups in total. The lowest BCUT2D eigenvalue weighted by Gasteiger charge is -2.10. The van der Waals surface area contributed by atoms with Crippen molar-refractivity contribution in [2.24, 2.45) is 0 Å². The molecular weight excluding hydrogens is 223 g/mol. The number of nitrogens with zero attached hydrogens (tertiary/aromatic N) is 2. The van der Waals surface area contributed by atoms with Crippen molar-refractivity contribution in [1.29, 1.82) is 0 Å². The molecule has 0 unspecified atom stereocenters. The number of anilines is 2. The number of nitrogens with one attached hydrogen (secondary N) is 2. The Bertz CT molecular complexity index is 340. The van der Waals surface area contributed by atoms with E-state index in [-0.39, 0.29) is 0 Å². The van der Waals surface area contributed by atoms with Crippen LogP contribution in [0.3, 0.4) is 0 Å². The van der Waals surface area contributed by atoms with Crippen molar-refractivity contribution in [2.45, 2.75) is 0 Å². The highest BCUT2D eigenvalue weighted by Crippen LogP contribution is 2.25. The van der Waals surface area contributed by atoms with Gasteiger partial charge in [0.25, 0.3) is 0 Å². The molecule has 0 saturated carbocycles. The van der Waals surface area contributed by atoms with Crippen molar-refractivity contribution in [2.75, 3.05) is 24.2 Å². The highest BCUT2D eigenvalue weighted by atomic mass is 35.5. The van der Waals surface area contributed by atoms with Gasteiger partial charge in [0.1, 0.15) is 12.0 Å². The standard InChI is InChI=1S/C8H10Cl2N4/c1-5(9)3-12-8-6(11-2)7(10)13-4-14-8/h4,11H,1,3H2,2H3,(H,12,13,14). The molecule has 0 aliphatic carbocycles. The summed E-state index contributed by atoms with van der Waals surface area (Å²) in [6.45, 7) is 3.99. The van der Waals surface area contributed by atoms with Gasteiger partial charge >= 0.3 is 0 Å². The third-order valence-electron chi connectivity index (χ3n) is 1.50. The van der Waals surface area contributed by atoms with Crippen molar-refractivity contribution < 1.29 is 0 Å². The fourth-order valence-corrected chi connectivity index (χ4v) is 1.19. The lowest BCUT2D eigenvalue weighted by Crippen LogP contribution is -2.07. The maximum atomic E-state index is 5.84. The molecular formula is C8H10Cl2N4. The fraction of sp³-hybridized carbons (Fsp3) is 0.250. The number of hydrogen-bond acceptors (Lipinski definition) is 4. The molecule has 4 nitrogen and oxygen atoms in total. The van der Waals surface area contributed by atoms with Gasteiger partial charge in [-0.15, -0.1) is 0 Å². The van der Waals surface area contributed by atoms with E-state index in [1.807, 2.05) is 0 Å². The van der Waals surface area contributed by atoms with Gasteiger partial charge in [-0.05, 0) is 0 Å². The van der Waals surface area contributed by atoms with Crippen LogP contribution in [0.25, 0.3) is 0 Å². The summed E-state index contributed by atoms with van der Waals surface area (Å²) in [4.78, 5) is 7.85. The molecule has 6 heteroatoms. The molecule has 14 heavy (non-hydrogen) atoms. The van der Waals surface area contributed by atoms with E-state index >= 15 is 0 Å². The second-order valence-electron chi connectivity index (χ2n) is 2.51. The highest BCUT2D eigenvalue weighted by Gasteiger charge is 2.06. The highest BCUT2D eigenvalue weighted by molar-refractivity contribution is 6.32. The van der Waals surface area contributed by atoms with E-state index in [9.17, 15) is 0 Å². The van der Waals surface area contributed by atoms with E-state index in [1.54, 1.807) is 7.05 Å². The molecule has 1 aromatic heterocycles. The zero-order valence-electron chi connectivity index (χ0n) is 7.64. The predicted octanol–water partition coefficient (Wildman–Crippen LogP) is 2.34. The third kappa shape index (κ3) is 2.75. The molecule has 0 amide bonds. The minimum Gasteiger partial charge on any atom is -0.383 e. The van der Waals surface area contributed by atoms with Crippen LogP contribution in [-0.4, -0.2) is 23.6 Å². The number of halogens is 2. The molecule has 1 heterocycles. The van der Waals surface area contributed by atoms with Crippen LogP contribution in [-0.2, 0) is 0 Å². The van der Waals surface area contributed by atoms with E-state index in [0.717, 1.165) is 0 Å². The Morgan fingerprint density at radius 3 is 2.86 bits per heavy atom. The second-order valence-corrected chi connectivity index (χ2v) is 3.40. The summed E-state index contributed by atoms with van der Waals surface area (Å²) in [7, 11) is 1.74. The first kappa shape index (κ1) is 11.1. The smallest absolute Gasteiger partial charge is 0.157 e. The van der Waals surface area contributed by atoms with E-state index in [2.05, 4.69) is 27.2 Å². The Hall–Kier alpha value is -1.00. The van der Waals surface area contributed by atoms with Gasteiger partial charge in [-0.1, -0.05) is 29.8 Å². The van der Waals surface area contributed by atoms with Gasteiger partial charge in [0.05, 0.1) is 6.54 Å². The average Bonchev–Trinajstić information content (AvgIpc) is 2.14. The van der Waals surface area contributed by atoms with E-state index in [0.29, 0.717) is 28.2 Å². The van der Waals surface area contributed by atoms with Crippen LogP contribution in [0.1, 0.15) is 0 Å². The lowest BCUT2D eigenvalue weighted by atomic mass is 10.4. The summed E-state index contributed by atoms with van der Waals surface area (Å²) in [5.41, 5.74) is 0.645. The first-order chi connectivity index (χ1) is 6.65. The molecule has 0 fully saturated rings. The third-order valence-corrected chi connectivity index (χ3v) is 1.92. The number of rotatable bonds is 4. The van der Waals surface area contributed by atoms with Crippen LogP contribution < -0.4 is 10.6 Å². The molecule has 0 spiro atoms. The zero-order chi connectivity index (χ0) is 10.6. The summed E-state index contributed by atoms with van der Waals surface area (Å²) in [6, 6.07) is 0. The molecule has 1 aromatic rings. The van der Waals surface area contributed by atoms with Crippen LogP contribution in [0.5, 0.6) is 0 Å². The largest absolute Gasteiger partial charge is 0.383 e. The number of aromatic nitrogens is 2. The molecule has 0 saturated heterocycles. The maximum absolute atomic E-state index is 5.84. The Labute approximate surface area is 92.3 Å². The van der Waals surface area contributed by atoms with E-state index < -0.39 is 0 Å². The van der Waals surface area contributed by atoms with Crippen LogP contribution >= 0.6 is 23.2 Å². The molecule has 0 aliphatic heterocycles. The van der Waals surface area contributed by atoms with Crippen molar-refractivity contribution in [3.8, 4) is 0 Å². The summed E-state index contributed by atoms with van der Waals surface area (Å²) in [5, 5.41) is 6.74. The molecule has 0 aromatic carbocycles. The van der Waals surface area contributed by atoms with Gasteiger partial charge in [-0.2, -0.15) is 0 Å². The molecule has 0 aliphatic rings. The second kappa shape index (κ2) is 5.02. The van der Waals surface area contributed by atoms with Crippen molar-refractivity contribution in [3.05, 3.63) is 23.1 Å². The Morgan fingerprint density at radius 2 is 2.29 bits per heavy atom. The summed E-state index contributed by atoms with van der Waals surface area (Å²) in [5.74, 6) is 0.606. The summed E-state index contributed by atoms with van der Waals surface area (Å²) >= 11 is 11.4. The zero-order valence-corrected chi connectivity index (χ0v) is 9.15. The Morgan fingerprint density at radius 1 is 1.57 bits per heavy atom. The van der Waals surface area contributed by atoms with Crippen molar-refractivity contribution in [1.82, 2.24) is 9.97 Å². The summed E-state index contributed by atoms with van der Waals surface area (Å²) in [6.07, 6.45) is 1.38. The van der Waals surface area contributed by atoms with Crippen LogP contribution in [0.4, 0.5) is 11.5 Å². The van der Waals surface area contributed by atoms with Gasteiger partial charge in [0.15, 0.2) is 11.0 Å². The van der Waals surface area contributed by atoms with Crippen molar-refractivity contribution in [3.63, 3.8) is 0 Å². The van der Waals surface area contributed by atoms with Crippen LogP contribution in [0, 0.1) is 0 Å². The quantitative estimate of drug-likeness (QED) is 0.783. The SMILES string of the molecule is C=C(Cl)CNc1ncnc(Cl)c1NC. The van der Waals surface area contributed by atoms with Crippen LogP contribution in [0.2, 0.25) is 5.15 Å². The lowest BCUT2D eigenvalue weighted by molar-refractivity contribution is 1.13. The topological polar surface area (TPSA) is 49.8 Å². The molecule has 0 radical (unpaired) electrons. The van der Waals surface area contributed by atoms with Gasteiger partial charge in [0.2, 0.25) is 0 Å². The first-order valence-electron chi connectivity index (χ1n) is 3.90. The predicted molar refractivity (Wildman–Crippen MR) is 60.1 cm³/mol. The van der Waals surface area contributed by atoms with Gasteiger partial charge < -0.3 is 10.6 Å². The van der Waals surface area contributed by atoms with Gasteiger partial charge in [-0.3, -0.25) is 0 Å². The van der Waals surface area contributed by atoms with Crippen LogP contribution in [0.15, 0.2) is 17.9 Å². The monoisotopic (exact) mass is 232 g/mol. The maximum Gasteiger partial charge on any atom is 0.157 e. The van der Waals surface area contributed by atoms with Crippen molar-refractivity contribution >= 4 is 34.7 Å². The van der Waals surface area contributed by atoms with E-state index in [1.165, 1.54) is 6.33 Å². The molecule has 0 bridgehead atoms. The van der Waals surface area contributed by atoms with Gasteiger partial charge in [-0.25, -0.2) is 9.97 Å². The molecule has 0 atom stereocenters. The Kier molecular flexibility index (Phi) is 3.98. The average molecular weight is 233 g/mol. The number of hydrogen-bond donors (Lipinski definition) is 2.